The van der Waals surface area contributed by atoms with E-state index in [-0.39, 0.29) is 30.3 Å². The Hall–Kier alpha value is -2.82. The van der Waals surface area contributed by atoms with Crippen LogP contribution in [0.3, 0.4) is 0 Å². The highest BCUT2D eigenvalue weighted by atomic mass is 35.5. The number of likely N-dealkylation sites (tertiary alicyclic amines) is 2. The van der Waals surface area contributed by atoms with Gasteiger partial charge in [-0.05, 0) is 105 Å². The zero-order chi connectivity index (χ0) is 30.8. The topological polar surface area (TPSA) is 111 Å². The first kappa shape index (κ1) is 31.2. The summed E-state index contributed by atoms with van der Waals surface area (Å²) in [5.74, 6) is 1.04. The summed E-state index contributed by atoms with van der Waals surface area (Å²) < 4.78 is 0. The zero-order valence-electron chi connectivity index (χ0n) is 25.7. The van der Waals surface area contributed by atoms with E-state index in [1.165, 1.54) is 12.8 Å². The quantitative estimate of drug-likeness (QED) is 0.364. The molecule has 11 heteroatoms. The molecule has 4 aliphatic rings. The largest absolute Gasteiger partial charge is 0.397 e. The predicted molar refractivity (Wildman–Crippen MR) is 176 cm³/mol. The number of hydrogen-bond donors (Lipinski definition) is 3. The molecule has 1 aromatic carbocycles. The molecule has 9 nitrogen and oxygen atoms in total. The Balaban J connectivity index is 1.09. The van der Waals surface area contributed by atoms with Gasteiger partial charge in [0.2, 0.25) is 11.8 Å². The van der Waals surface area contributed by atoms with Crippen molar-refractivity contribution in [3.63, 3.8) is 0 Å². The van der Waals surface area contributed by atoms with E-state index in [0.29, 0.717) is 42.7 Å². The van der Waals surface area contributed by atoms with E-state index in [0.717, 1.165) is 79.5 Å². The van der Waals surface area contributed by atoms with Crippen LogP contribution in [0.15, 0.2) is 23.6 Å². The van der Waals surface area contributed by atoms with Crippen molar-refractivity contribution in [1.82, 2.24) is 20.0 Å². The number of nitrogens with two attached hydrogens (primary N) is 1. The molecule has 2 aromatic rings. The normalized spacial score (nSPS) is 21.2. The number of anilines is 2. The fourth-order valence-electron chi connectivity index (χ4n) is 7.70. The van der Waals surface area contributed by atoms with Crippen molar-refractivity contribution in [2.45, 2.75) is 70.9 Å². The minimum atomic E-state index is -0.459. The summed E-state index contributed by atoms with van der Waals surface area (Å²) in [5, 5.41) is 9.89. The van der Waals surface area contributed by atoms with Gasteiger partial charge in [-0.25, -0.2) is 4.79 Å². The van der Waals surface area contributed by atoms with Gasteiger partial charge >= 0.3 is 6.03 Å². The SMILES string of the molecule is Cc1cc(C[C@@H](CC(=O)N2CCC(N3Cc4ccsc4NC3=O)CC2)C(=O)N2CCC(C3CCNCC3)CC2)cc(Cl)c1N. The summed E-state index contributed by atoms with van der Waals surface area (Å²) in [7, 11) is 0. The molecule has 0 radical (unpaired) electrons. The number of nitrogens with one attached hydrogen (secondary N) is 2. The van der Waals surface area contributed by atoms with Crippen LogP contribution in [0.25, 0.3) is 0 Å². The molecule has 0 bridgehead atoms. The van der Waals surface area contributed by atoms with Crippen molar-refractivity contribution >= 4 is 51.5 Å². The summed E-state index contributed by atoms with van der Waals surface area (Å²) in [6.45, 7) is 7.40. The second-order valence-corrected chi connectivity index (χ2v) is 14.4. The number of piperidine rings is 3. The van der Waals surface area contributed by atoms with Crippen molar-refractivity contribution in [3.8, 4) is 0 Å². The standard InChI is InChI=1S/C33H45ClN6O3S/c1-21-16-22(18-28(34)30(21)35)17-26(32(42)39-11-4-24(5-12-39)23-2-9-36-10-3-23)19-29(41)38-13-6-27(7-14-38)40-20-25-8-15-44-31(25)37-33(40)43/h8,15-16,18,23-24,26-27,36H,2-7,9-14,17,19-20,35H2,1H3,(H,37,43)/t26-/m0/s1. The van der Waals surface area contributed by atoms with Gasteiger partial charge in [-0.2, -0.15) is 0 Å². The molecule has 0 saturated carbocycles. The van der Waals surface area contributed by atoms with E-state index >= 15 is 0 Å². The van der Waals surface area contributed by atoms with E-state index < -0.39 is 5.92 Å². The van der Waals surface area contributed by atoms with Crippen LogP contribution in [-0.4, -0.2) is 77.9 Å². The minimum absolute atomic E-state index is 0.00729. The molecule has 44 heavy (non-hydrogen) atoms. The van der Waals surface area contributed by atoms with E-state index in [9.17, 15) is 14.4 Å². The molecule has 6 rings (SSSR count). The van der Waals surface area contributed by atoms with Crippen molar-refractivity contribution in [2.75, 3.05) is 50.3 Å². The van der Waals surface area contributed by atoms with Gasteiger partial charge < -0.3 is 25.8 Å². The third kappa shape index (κ3) is 6.87. The number of rotatable bonds is 7. The summed E-state index contributed by atoms with van der Waals surface area (Å²) in [5.41, 5.74) is 9.61. The maximum Gasteiger partial charge on any atom is 0.323 e. The number of halogens is 1. The van der Waals surface area contributed by atoms with E-state index in [1.54, 1.807) is 11.3 Å². The summed E-state index contributed by atoms with van der Waals surface area (Å²) >= 11 is 7.98. The molecule has 4 aliphatic heterocycles. The number of aryl methyl sites for hydroxylation is 1. The highest BCUT2D eigenvalue weighted by Crippen LogP contribution is 2.34. The van der Waals surface area contributed by atoms with Gasteiger partial charge in [-0.15, -0.1) is 11.3 Å². The third-order valence-corrected chi connectivity index (χ3v) is 11.6. The first-order valence-corrected chi connectivity index (χ1v) is 17.5. The Morgan fingerprint density at radius 3 is 2.41 bits per heavy atom. The Morgan fingerprint density at radius 2 is 1.70 bits per heavy atom. The van der Waals surface area contributed by atoms with Crippen LogP contribution in [0.2, 0.25) is 5.02 Å². The number of benzene rings is 1. The van der Waals surface area contributed by atoms with E-state index in [2.05, 4.69) is 16.7 Å². The van der Waals surface area contributed by atoms with Crippen molar-refractivity contribution in [2.24, 2.45) is 17.8 Å². The number of urea groups is 1. The molecule has 3 saturated heterocycles. The van der Waals surface area contributed by atoms with E-state index in [1.807, 2.05) is 39.1 Å². The lowest BCUT2D eigenvalue weighted by Gasteiger charge is -2.41. The van der Waals surface area contributed by atoms with E-state index in [4.69, 9.17) is 17.3 Å². The smallest absolute Gasteiger partial charge is 0.323 e. The average molecular weight is 641 g/mol. The van der Waals surface area contributed by atoms with Crippen LogP contribution >= 0.6 is 22.9 Å². The Kier molecular flexibility index (Phi) is 9.68. The lowest BCUT2D eigenvalue weighted by molar-refractivity contribution is -0.143. The molecular weight excluding hydrogens is 596 g/mol. The summed E-state index contributed by atoms with van der Waals surface area (Å²) in [4.78, 5) is 46.3. The number of thiophene rings is 1. The molecule has 1 atom stereocenters. The molecule has 3 fully saturated rings. The molecule has 4 N–H and O–H groups in total. The minimum Gasteiger partial charge on any atom is -0.397 e. The first-order chi connectivity index (χ1) is 21.3. The molecule has 5 heterocycles. The number of hydrogen-bond acceptors (Lipinski definition) is 6. The number of nitrogens with zero attached hydrogens (tertiary/aromatic N) is 3. The second kappa shape index (κ2) is 13.7. The molecule has 1 aromatic heterocycles. The van der Waals surface area contributed by atoms with Crippen LogP contribution in [0.5, 0.6) is 0 Å². The zero-order valence-corrected chi connectivity index (χ0v) is 27.2. The molecule has 0 unspecified atom stereocenters. The van der Waals surface area contributed by atoms with Gasteiger partial charge in [0, 0.05) is 44.2 Å². The van der Waals surface area contributed by atoms with Crippen LogP contribution in [0.1, 0.15) is 61.6 Å². The highest BCUT2D eigenvalue weighted by Gasteiger charge is 2.36. The molecular formula is C33H45ClN6O3S. The highest BCUT2D eigenvalue weighted by molar-refractivity contribution is 7.14. The number of carbonyl (C=O) groups is 3. The van der Waals surface area contributed by atoms with Crippen molar-refractivity contribution in [3.05, 3.63) is 45.3 Å². The number of carbonyl (C=O) groups excluding carboxylic acids is 3. The molecule has 238 valence electrons. The number of nitrogen functional groups attached to an aromatic ring is 1. The molecule has 0 aliphatic carbocycles. The maximum absolute atomic E-state index is 14.1. The van der Waals surface area contributed by atoms with Gasteiger partial charge in [0.15, 0.2) is 0 Å². The van der Waals surface area contributed by atoms with Gasteiger partial charge in [0.25, 0.3) is 0 Å². The lowest BCUT2D eigenvalue weighted by Crippen LogP contribution is -2.51. The number of fused-ring (bicyclic) bond motifs is 1. The average Bonchev–Trinajstić information content (AvgIpc) is 3.50. The lowest BCUT2D eigenvalue weighted by atomic mass is 9.79. The van der Waals surface area contributed by atoms with Crippen molar-refractivity contribution in [1.29, 1.82) is 0 Å². The second-order valence-electron chi connectivity index (χ2n) is 13.1. The maximum atomic E-state index is 14.1. The van der Waals surface area contributed by atoms with Crippen LogP contribution in [-0.2, 0) is 22.6 Å². The molecule has 0 spiro atoms. The van der Waals surface area contributed by atoms with Crippen LogP contribution in [0.4, 0.5) is 15.5 Å². The van der Waals surface area contributed by atoms with Gasteiger partial charge in [-0.1, -0.05) is 17.7 Å². The number of amides is 4. The van der Waals surface area contributed by atoms with Gasteiger partial charge in [-0.3, -0.25) is 14.9 Å². The van der Waals surface area contributed by atoms with Crippen LogP contribution < -0.4 is 16.4 Å². The summed E-state index contributed by atoms with van der Waals surface area (Å²) in [6.07, 6.45) is 6.60. The fraction of sp³-hybridized carbons (Fsp3) is 0.606. The Bertz CT molecular complexity index is 1340. The Labute approximate surface area is 269 Å². The van der Waals surface area contributed by atoms with Gasteiger partial charge in [0.05, 0.1) is 23.2 Å². The van der Waals surface area contributed by atoms with Crippen molar-refractivity contribution < 1.29 is 14.4 Å². The van der Waals surface area contributed by atoms with Gasteiger partial charge in [0.1, 0.15) is 5.00 Å². The fourth-order valence-corrected chi connectivity index (χ4v) is 8.78. The third-order valence-electron chi connectivity index (χ3n) is 10.4. The Morgan fingerprint density at radius 1 is 1.02 bits per heavy atom. The predicted octanol–water partition coefficient (Wildman–Crippen LogP) is 5.12. The summed E-state index contributed by atoms with van der Waals surface area (Å²) in [6, 6.07) is 5.92. The molecule has 4 amide bonds. The monoisotopic (exact) mass is 640 g/mol. The first-order valence-electron chi connectivity index (χ1n) is 16.2. The van der Waals surface area contributed by atoms with Crippen LogP contribution in [0, 0.1) is 24.7 Å².